The zero-order valence-corrected chi connectivity index (χ0v) is 9.68. The summed E-state index contributed by atoms with van der Waals surface area (Å²) in [5, 5.41) is 2.84. The lowest BCUT2D eigenvalue weighted by Gasteiger charge is -2.28. The van der Waals surface area contributed by atoms with Gasteiger partial charge in [0.25, 0.3) is 0 Å². The molecule has 1 aliphatic rings. The van der Waals surface area contributed by atoms with Gasteiger partial charge in [0.1, 0.15) is 0 Å². The van der Waals surface area contributed by atoms with Gasteiger partial charge in [-0.2, -0.15) is 0 Å². The maximum atomic E-state index is 11.7. The predicted molar refractivity (Wildman–Crippen MR) is 61.8 cm³/mol. The molecule has 86 valence electrons. The van der Waals surface area contributed by atoms with Gasteiger partial charge >= 0.3 is 6.03 Å². The molecule has 15 heavy (non-hydrogen) atoms. The van der Waals surface area contributed by atoms with Gasteiger partial charge < -0.3 is 20.7 Å². The number of morpholine rings is 1. The van der Waals surface area contributed by atoms with Crippen molar-refractivity contribution in [3.05, 3.63) is 0 Å². The zero-order chi connectivity index (χ0) is 11.3. The van der Waals surface area contributed by atoms with Crippen molar-refractivity contribution in [1.29, 1.82) is 0 Å². The second kappa shape index (κ2) is 5.87. The first kappa shape index (κ1) is 12.2. The number of rotatable bonds is 3. The van der Waals surface area contributed by atoms with Crippen LogP contribution in [0.5, 0.6) is 0 Å². The lowest BCUT2D eigenvalue weighted by atomic mass is 10.2. The van der Waals surface area contributed by atoms with Crippen LogP contribution in [0.25, 0.3) is 0 Å². The van der Waals surface area contributed by atoms with Gasteiger partial charge in [0, 0.05) is 25.6 Å². The minimum Gasteiger partial charge on any atom is -0.393 e. The van der Waals surface area contributed by atoms with E-state index in [9.17, 15) is 4.79 Å². The first-order valence-corrected chi connectivity index (χ1v) is 5.42. The number of carbonyl (C=O) groups excluding carboxylic acids is 1. The van der Waals surface area contributed by atoms with E-state index in [0.29, 0.717) is 37.7 Å². The first-order valence-electron chi connectivity index (χ1n) is 5.01. The fourth-order valence-electron chi connectivity index (χ4n) is 1.42. The molecule has 1 rings (SSSR count). The van der Waals surface area contributed by atoms with Crippen LogP contribution in [0.1, 0.15) is 13.3 Å². The minimum absolute atomic E-state index is 0.0159. The van der Waals surface area contributed by atoms with Gasteiger partial charge in [-0.25, -0.2) is 4.79 Å². The molecule has 0 aromatic carbocycles. The lowest BCUT2D eigenvalue weighted by molar-refractivity contribution is 0.0527. The smallest absolute Gasteiger partial charge is 0.317 e. The molecule has 3 N–H and O–H groups in total. The van der Waals surface area contributed by atoms with Crippen LogP contribution in [-0.4, -0.2) is 48.3 Å². The summed E-state index contributed by atoms with van der Waals surface area (Å²) in [6.07, 6.45) is 0.533. The Bertz CT molecular complexity index is 242. The number of hydrogen-bond acceptors (Lipinski definition) is 3. The van der Waals surface area contributed by atoms with E-state index in [0.717, 1.165) is 0 Å². The van der Waals surface area contributed by atoms with Crippen LogP contribution in [-0.2, 0) is 4.74 Å². The summed E-state index contributed by atoms with van der Waals surface area (Å²) in [5.74, 6) is 0. The number of nitrogens with one attached hydrogen (secondary N) is 1. The largest absolute Gasteiger partial charge is 0.393 e. The van der Waals surface area contributed by atoms with Gasteiger partial charge in [-0.05, 0) is 6.92 Å². The lowest BCUT2D eigenvalue weighted by Crippen LogP contribution is -2.49. The molecular formula is C9H17N3O2S. The number of thiocarbonyl (C=S) groups is 1. The Morgan fingerprint density at radius 3 is 2.73 bits per heavy atom. The Balaban J connectivity index is 2.30. The zero-order valence-electron chi connectivity index (χ0n) is 8.86. The van der Waals surface area contributed by atoms with Gasteiger partial charge in [0.05, 0.1) is 18.2 Å². The molecule has 1 unspecified atom stereocenters. The SMILES string of the molecule is CC(CC(N)=S)NC(=O)N1CCOCC1. The number of ether oxygens (including phenoxy) is 1. The Labute approximate surface area is 94.9 Å². The predicted octanol–water partition coefficient (Wildman–Crippen LogP) is 0.0929. The molecule has 1 saturated heterocycles. The van der Waals surface area contributed by atoms with Gasteiger partial charge in [-0.3, -0.25) is 0 Å². The fourth-order valence-corrected chi connectivity index (χ4v) is 1.67. The van der Waals surface area contributed by atoms with Crippen molar-refractivity contribution < 1.29 is 9.53 Å². The van der Waals surface area contributed by atoms with E-state index in [2.05, 4.69) is 5.32 Å². The summed E-state index contributed by atoms with van der Waals surface area (Å²) in [5.41, 5.74) is 5.39. The van der Waals surface area contributed by atoms with Crippen LogP contribution >= 0.6 is 12.2 Å². The van der Waals surface area contributed by atoms with Crippen molar-refractivity contribution in [3.63, 3.8) is 0 Å². The van der Waals surface area contributed by atoms with Gasteiger partial charge in [-0.15, -0.1) is 0 Å². The van der Waals surface area contributed by atoms with E-state index in [1.807, 2.05) is 6.92 Å². The highest BCUT2D eigenvalue weighted by Crippen LogP contribution is 1.99. The molecule has 0 aromatic rings. The molecule has 5 nitrogen and oxygen atoms in total. The Morgan fingerprint density at radius 2 is 2.20 bits per heavy atom. The van der Waals surface area contributed by atoms with E-state index >= 15 is 0 Å². The van der Waals surface area contributed by atoms with Crippen LogP contribution in [0.2, 0.25) is 0 Å². The van der Waals surface area contributed by atoms with E-state index < -0.39 is 0 Å². The highest BCUT2D eigenvalue weighted by molar-refractivity contribution is 7.80. The number of urea groups is 1. The van der Waals surface area contributed by atoms with E-state index in [1.165, 1.54) is 0 Å². The molecule has 0 spiro atoms. The van der Waals surface area contributed by atoms with Crippen molar-refractivity contribution in [2.45, 2.75) is 19.4 Å². The standard InChI is InChI=1S/C9H17N3O2S/c1-7(6-8(10)15)11-9(13)12-2-4-14-5-3-12/h7H,2-6H2,1H3,(H2,10,15)(H,11,13). The second-order valence-corrected chi connectivity index (χ2v) is 4.14. The molecule has 6 heteroatoms. The topological polar surface area (TPSA) is 67.6 Å². The average Bonchev–Trinajstić information content (AvgIpc) is 2.17. The monoisotopic (exact) mass is 231 g/mol. The summed E-state index contributed by atoms with van der Waals surface area (Å²) in [6.45, 7) is 4.39. The molecule has 0 aromatic heterocycles. The van der Waals surface area contributed by atoms with Crippen LogP contribution in [0.15, 0.2) is 0 Å². The van der Waals surface area contributed by atoms with Crippen molar-refractivity contribution in [1.82, 2.24) is 10.2 Å². The van der Waals surface area contributed by atoms with E-state index in [4.69, 9.17) is 22.7 Å². The van der Waals surface area contributed by atoms with Gasteiger partial charge in [0.2, 0.25) is 0 Å². The summed E-state index contributed by atoms with van der Waals surface area (Å²) < 4.78 is 5.16. The summed E-state index contributed by atoms with van der Waals surface area (Å²) in [6, 6.07) is -0.0834. The normalized spacial score (nSPS) is 18.3. The number of carbonyl (C=O) groups is 1. The fraction of sp³-hybridized carbons (Fsp3) is 0.778. The van der Waals surface area contributed by atoms with Gasteiger partial charge in [0.15, 0.2) is 0 Å². The molecule has 0 saturated carbocycles. The molecule has 1 atom stereocenters. The molecule has 2 amide bonds. The number of nitrogens with two attached hydrogens (primary N) is 1. The van der Waals surface area contributed by atoms with Crippen LogP contribution in [0, 0.1) is 0 Å². The highest BCUT2D eigenvalue weighted by Gasteiger charge is 2.18. The van der Waals surface area contributed by atoms with Crippen molar-refractivity contribution >= 4 is 23.2 Å². The molecule has 0 aliphatic carbocycles. The number of hydrogen-bond donors (Lipinski definition) is 2. The first-order chi connectivity index (χ1) is 7.09. The second-order valence-electron chi connectivity index (χ2n) is 3.62. The van der Waals surface area contributed by atoms with Crippen LogP contribution in [0.4, 0.5) is 4.79 Å². The van der Waals surface area contributed by atoms with Crippen molar-refractivity contribution in [2.24, 2.45) is 5.73 Å². The van der Waals surface area contributed by atoms with Crippen molar-refractivity contribution in [3.8, 4) is 0 Å². The Hall–Kier alpha value is -0.880. The summed E-state index contributed by atoms with van der Waals surface area (Å²) in [7, 11) is 0. The van der Waals surface area contributed by atoms with Crippen molar-refractivity contribution in [2.75, 3.05) is 26.3 Å². The van der Waals surface area contributed by atoms with Crippen LogP contribution < -0.4 is 11.1 Å². The average molecular weight is 231 g/mol. The highest BCUT2D eigenvalue weighted by atomic mass is 32.1. The number of nitrogens with zero attached hydrogens (tertiary/aromatic N) is 1. The van der Waals surface area contributed by atoms with Gasteiger partial charge in [-0.1, -0.05) is 12.2 Å². The summed E-state index contributed by atoms with van der Waals surface area (Å²) in [4.78, 5) is 13.8. The Morgan fingerprint density at radius 1 is 1.60 bits per heavy atom. The molecular weight excluding hydrogens is 214 g/mol. The third-order valence-corrected chi connectivity index (χ3v) is 2.34. The Kier molecular flexibility index (Phi) is 4.77. The molecule has 1 heterocycles. The quantitative estimate of drug-likeness (QED) is 0.676. The molecule has 1 aliphatic heterocycles. The third kappa shape index (κ3) is 4.44. The third-order valence-electron chi connectivity index (χ3n) is 2.18. The maximum Gasteiger partial charge on any atom is 0.317 e. The number of amides is 2. The minimum atomic E-state index is -0.0675. The van der Waals surface area contributed by atoms with E-state index in [-0.39, 0.29) is 12.1 Å². The summed E-state index contributed by atoms with van der Waals surface area (Å²) >= 11 is 4.77. The molecule has 0 bridgehead atoms. The van der Waals surface area contributed by atoms with E-state index in [1.54, 1.807) is 4.90 Å². The molecule has 1 fully saturated rings. The maximum absolute atomic E-state index is 11.7. The van der Waals surface area contributed by atoms with Crippen LogP contribution in [0.3, 0.4) is 0 Å². The molecule has 0 radical (unpaired) electrons.